The molecule has 1 heterocycles. The molecular weight excluding hydrogens is 467 g/mol. The van der Waals surface area contributed by atoms with Gasteiger partial charge in [-0.3, -0.25) is 4.99 Å². The smallest absolute Gasteiger partial charge is 0.409 e. The Kier molecular flexibility index (Phi) is 10.7. The van der Waals surface area contributed by atoms with Gasteiger partial charge in [0.2, 0.25) is 0 Å². The Morgan fingerprint density at radius 1 is 1.38 bits per heavy atom. The number of guanidine groups is 1. The van der Waals surface area contributed by atoms with Crippen molar-refractivity contribution in [2.45, 2.75) is 38.6 Å². The van der Waals surface area contributed by atoms with Crippen LogP contribution in [0, 0.1) is 0 Å². The molecule has 1 amide bonds. The van der Waals surface area contributed by atoms with Crippen molar-refractivity contribution < 1.29 is 9.53 Å². The number of carbonyl (C=O) groups excluding carboxylic acids is 1. The van der Waals surface area contributed by atoms with Crippen molar-refractivity contribution in [1.29, 1.82) is 0 Å². The number of amides is 1. The zero-order valence-corrected chi connectivity index (χ0v) is 18.2. The predicted molar refractivity (Wildman–Crippen MR) is 116 cm³/mol. The molecule has 0 unspecified atom stereocenters. The second-order valence-electron chi connectivity index (χ2n) is 6.07. The van der Waals surface area contributed by atoms with Crippen molar-refractivity contribution in [3.8, 4) is 0 Å². The number of ether oxygens (including phenoxy) is 1. The minimum absolute atomic E-state index is 0. The summed E-state index contributed by atoms with van der Waals surface area (Å²) < 4.78 is 5.02. The normalized spacial score (nSPS) is 15.3. The van der Waals surface area contributed by atoms with E-state index in [9.17, 15) is 4.79 Å². The fourth-order valence-corrected chi connectivity index (χ4v) is 3.08. The zero-order valence-electron chi connectivity index (χ0n) is 15.1. The molecule has 2 rings (SSSR count). The number of hydrogen-bond donors (Lipinski definition) is 2. The lowest BCUT2D eigenvalue weighted by molar-refractivity contribution is 0.0963. The van der Waals surface area contributed by atoms with Crippen LogP contribution in [-0.2, 0) is 11.2 Å². The van der Waals surface area contributed by atoms with Gasteiger partial charge in [0.15, 0.2) is 5.96 Å². The first-order chi connectivity index (χ1) is 12.1. The van der Waals surface area contributed by atoms with Gasteiger partial charge in [0.1, 0.15) is 0 Å². The topological polar surface area (TPSA) is 80.0 Å². The van der Waals surface area contributed by atoms with Crippen LogP contribution in [0.4, 0.5) is 4.79 Å². The fraction of sp³-hybridized carbons (Fsp3) is 0.556. The predicted octanol–water partition coefficient (Wildman–Crippen LogP) is 3.42. The molecule has 0 saturated carbocycles. The van der Waals surface area contributed by atoms with Crippen molar-refractivity contribution >= 4 is 47.6 Å². The molecule has 0 atom stereocenters. The molecule has 0 spiro atoms. The van der Waals surface area contributed by atoms with Crippen LogP contribution in [0.2, 0.25) is 5.02 Å². The molecule has 1 aliphatic heterocycles. The number of nitrogens with one attached hydrogen (secondary N) is 1. The summed E-state index contributed by atoms with van der Waals surface area (Å²) in [6, 6.07) is 8.10. The van der Waals surface area contributed by atoms with E-state index in [4.69, 9.17) is 22.1 Å². The summed E-state index contributed by atoms with van der Waals surface area (Å²) in [6.07, 6.45) is 3.23. The summed E-state index contributed by atoms with van der Waals surface area (Å²) in [5.41, 5.74) is 7.10. The summed E-state index contributed by atoms with van der Waals surface area (Å²) in [4.78, 5) is 17.8. The second-order valence-corrected chi connectivity index (χ2v) is 6.47. The first-order valence-corrected chi connectivity index (χ1v) is 9.19. The Labute approximate surface area is 177 Å². The van der Waals surface area contributed by atoms with Crippen LogP contribution in [0.1, 0.15) is 31.7 Å². The highest BCUT2D eigenvalue weighted by Gasteiger charge is 2.23. The van der Waals surface area contributed by atoms with E-state index in [0.717, 1.165) is 36.3 Å². The van der Waals surface area contributed by atoms with Gasteiger partial charge in [-0.1, -0.05) is 29.8 Å². The van der Waals surface area contributed by atoms with E-state index in [0.29, 0.717) is 32.2 Å². The molecule has 1 aromatic rings. The van der Waals surface area contributed by atoms with E-state index in [1.54, 1.807) is 4.90 Å². The third-order valence-electron chi connectivity index (χ3n) is 4.22. The molecule has 1 fully saturated rings. The summed E-state index contributed by atoms with van der Waals surface area (Å²) in [7, 11) is 0. The number of rotatable bonds is 6. The Morgan fingerprint density at radius 3 is 2.73 bits per heavy atom. The number of benzene rings is 1. The lowest BCUT2D eigenvalue weighted by Gasteiger charge is -2.31. The van der Waals surface area contributed by atoms with Gasteiger partial charge in [-0.25, -0.2) is 4.79 Å². The third-order valence-corrected chi connectivity index (χ3v) is 4.59. The van der Waals surface area contributed by atoms with Crippen LogP contribution in [-0.4, -0.2) is 49.2 Å². The fourth-order valence-electron chi connectivity index (χ4n) is 2.85. The van der Waals surface area contributed by atoms with Crippen LogP contribution < -0.4 is 11.1 Å². The minimum atomic E-state index is -0.234. The van der Waals surface area contributed by atoms with Crippen LogP contribution >= 0.6 is 35.6 Å². The largest absolute Gasteiger partial charge is 0.450 e. The summed E-state index contributed by atoms with van der Waals surface area (Å²) in [5.74, 6) is 0.466. The number of nitrogens with two attached hydrogens (primary N) is 1. The molecule has 8 heteroatoms. The van der Waals surface area contributed by atoms with Crippen LogP contribution in [0.5, 0.6) is 0 Å². The van der Waals surface area contributed by atoms with Gasteiger partial charge in [0.25, 0.3) is 0 Å². The van der Waals surface area contributed by atoms with E-state index in [1.807, 2.05) is 31.2 Å². The quantitative estimate of drug-likeness (QED) is 0.275. The Morgan fingerprint density at radius 2 is 2.08 bits per heavy atom. The SMILES string of the molecule is CCOC(=O)N1CCC(NC(N)=NCCCc2ccccc2Cl)CC1.I. The molecule has 0 aliphatic carbocycles. The van der Waals surface area contributed by atoms with E-state index in [2.05, 4.69) is 10.3 Å². The number of aliphatic imine (C=N–C) groups is 1. The number of nitrogens with zero attached hydrogens (tertiary/aromatic N) is 2. The molecule has 146 valence electrons. The van der Waals surface area contributed by atoms with Gasteiger partial charge in [0.05, 0.1) is 6.61 Å². The highest BCUT2D eigenvalue weighted by molar-refractivity contribution is 14.0. The van der Waals surface area contributed by atoms with Crippen molar-refractivity contribution in [2.75, 3.05) is 26.2 Å². The number of halogens is 2. The molecule has 6 nitrogen and oxygen atoms in total. The van der Waals surface area contributed by atoms with Crippen molar-refractivity contribution in [2.24, 2.45) is 10.7 Å². The molecule has 0 bridgehead atoms. The van der Waals surface area contributed by atoms with Gasteiger partial charge in [-0.2, -0.15) is 0 Å². The lowest BCUT2D eigenvalue weighted by atomic mass is 10.1. The molecule has 1 aliphatic rings. The second kappa shape index (κ2) is 12.2. The van der Waals surface area contributed by atoms with E-state index < -0.39 is 0 Å². The number of carbonyl (C=O) groups is 1. The van der Waals surface area contributed by atoms with Crippen LogP contribution in [0.3, 0.4) is 0 Å². The van der Waals surface area contributed by atoms with Crippen molar-refractivity contribution in [3.05, 3.63) is 34.9 Å². The van der Waals surface area contributed by atoms with Crippen LogP contribution in [0.25, 0.3) is 0 Å². The maximum atomic E-state index is 11.7. The highest BCUT2D eigenvalue weighted by atomic mass is 127. The monoisotopic (exact) mass is 494 g/mol. The Bertz CT molecular complexity index is 592. The maximum absolute atomic E-state index is 11.7. The zero-order chi connectivity index (χ0) is 18.1. The van der Waals surface area contributed by atoms with Crippen LogP contribution in [0.15, 0.2) is 29.3 Å². The molecule has 0 radical (unpaired) electrons. The van der Waals surface area contributed by atoms with Gasteiger partial charge in [-0.15, -0.1) is 24.0 Å². The molecular formula is C18H28ClIN4O2. The lowest BCUT2D eigenvalue weighted by Crippen LogP contribution is -2.48. The van der Waals surface area contributed by atoms with E-state index in [1.165, 1.54) is 0 Å². The van der Waals surface area contributed by atoms with Gasteiger partial charge >= 0.3 is 6.09 Å². The number of aryl methyl sites for hydroxylation is 1. The molecule has 1 saturated heterocycles. The summed E-state index contributed by atoms with van der Waals surface area (Å²) in [5, 5.41) is 4.04. The third kappa shape index (κ3) is 7.57. The van der Waals surface area contributed by atoms with E-state index in [-0.39, 0.29) is 36.1 Å². The van der Waals surface area contributed by atoms with Gasteiger partial charge in [-0.05, 0) is 44.2 Å². The first-order valence-electron chi connectivity index (χ1n) is 8.81. The van der Waals surface area contributed by atoms with Crippen molar-refractivity contribution in [1.82, 2.24) is 10.2 Å². The summed E-state index contributed by atoms with van der Waals surface area (Å²) in [6.45, 7) is 4.23. The number of likely N-dealkylation sites (tertiary alicyclic amines) is 1. The number of hydrogen-bond acceptors (Lipinski definition) is 3. The highest BCUT2D eigenvalue weighted by Crippen LogP contribution is 2.16. The molecule has 3 N–H and O–H groups in total. The summed E-state index contributed by atoms with van der Waals surface area (Å²) >= 11 is 6.14. The average Bonchev–Trinajstić information content (AvgIpc) is 2.61. The Balaban J connectivity index is 0.00000338. The van der Waals surface area contributed by atoms with Gasteiger partial charge < -0.3 is 20.7 Å². The van der Waals surface area contributed by atoms with Crippen molar-refractivity contribution in [3.63, 3.8) is 0 Å². The molecule has 0 aromatic heterocycles. The maximum Gasteiger partial charge on any atom is 0.409 e. The Hall–Kier alpha value is -1.22. The number of piperidine rings is 1. The van der Waals surface area contributed by atoms with E-state index >= 15 is 0 Å². The minimum Gasteiger partial charge on any atom is -0.450 e. The molecule has 1 aromatic carbocycles. The average molecular weight is 495 g/mol. The molecule has 26 heavy (non-hydrogen) atoms. The van der Waals surface area contributed by atoms with Gasteiger partial charge in [0, 0.05) is 30.7 Å². The standard InChI is InChI=1S/C18H27ClN4O2.HI/c1-2-25-18(24)23-12-9-15(10-13-23)22-17(20)21-11-5-7-14-6-3-4-8-16(14)19;/h3-4,6,8,15H,2,5,7,9-13H2,1H3,(H3,20,21,22);1H. The first kappa shape index (κ1) is 22.8.